The van der Waals surface area contributed by atoms with Gasteiger partial charge in [0.1, 0.15) is 5.75 Å². The molecule has 1 aromatic rings. The Balaban J connectivity index is 2.87. The van der Waals surface area contributed by atoms with Crippen molar-refractivity contribution in [1.82, 2.24) is 0 Å². The van der Waals surface area contributed by atoms with Gasteiger partial charge in [-0.05, 0) is 54.7 Å². The fourth-order valence-electron chi connectivity index (χ4n) is 1.76. The van der Waals surface area contributed by atoms with Gasteiger partial charge in [-0.15, -0.1) is 0 Å². The van der Waals surface area contributed by atoms with Crippen LogP contribution >= 0.6 is 0 Å². The van der Waals surface area contributed by atoms with Crippen LogP contribution in [0.25, 0.3) is 5.57 Å². The monoisotopic (exact) mass is 292 g/mol. The van der Waals surface area contributed by atoms with Crippen LogP contribution in [0.4, 0.5) is 0 Å². The lowest BCUT2D eigenvalue weighted by Gasteiger charge is -2.36. The second-order valence-electron chi connectivity index (χ2n) is 6.67. The van der Waals surface area contributed by atoms with Gasteiger partial charge in [0.15, 0.2) is 0 Å². The summed E-state index contributed by atoms with van der Waals surface area (Å²) in [7, 11) is -1.77. The van der Waals surface area contributed by atoms with Crippen molar-refractivity contribution in [2.75, 3.05) is 6.61 Å². The molecular weight excluding hydrogens is 264 g/mol. The van der Waals surface area contributed by atoms with Crippen molar-refractivity contribution in [3.8, 4) is 5.75 Å². The van der Waals surface area contributed by atoms with Crippen molar-refractivity contribution in [3.63, 3.8) is 0 Å². The molecule has 3 heteroatoms. The van der Waals surface area contributed by atoms with Gasteiger partial charge >= 0.3 is 0 Å². The average molecular weight is 292 g/mol. The third-order valence-corrected chi connectivity index (χ3v) is 8.49. The molecule has 0 atom stereocenters. The van der Waals surface area contributed by atoms with Crippen molar-refractivity contribution in [2.45, 2.75) is 52.2 Å². The molecule has 1 N–H and O–H groups in total. The van der Waals surface area contributed by atoms with Crippen LogP contribution in [0.2, 0.25) is 18.1 Å². The zero-order valence-electron chi connectivity index (χ0n) is 13.7. The summed E-state index contributed by atoms with van der Waals surface area (Å²) in [6.45, 7) is 13.4. The Morgan fingerprint density at radius 2 is 1.75 bits per heavy atom. The van der Waals surface area contributed by atoms with E-state index in [0.29, 0.717) is 6.42 Å². The summed E-state index contributed by atoms with van der Waals surface area (Å²) in [5.41, 5.74) is 2.33. The molecule has 0 aromatic heterocycles. The maximum Gasteiger partial charge on any atom is 0.250 e. The number of benzene rings is 1. The molecule has 0 fully saturated rings. The second-order valence-corrected chi connectivity index (χ2v) is 11.4. The minimum absolute atomic E-state index is 0.182. The molecule has 2 nitrogen and oxygen atoms in total. The highest BCUT2D eigenvalue weighted by Gasteiger charge is 2.38. The Morgan fingerprint density at radius 3 is 2.15 bits per heavy atom. The van der Waals surface area contributed by atoms with Crippen molar-refractivity contribution in [2.24, 2.45) is 0 Å². The van der Waals surface area contributed by atoms with Gasteiger partial charge < -0.3 is 9.53 Å². The molecule has 0 aliphatic carbocycles. The number of rotatable bonds is 5. The van der Waals surface area contributed by atoms with Crippen LogP contribution in [0.1, 0.15) is 39.7 Å². The van der Waals surface area contributed by atoms with E-state index in [-0.39, 0.29) is 11.6 Å². The number of allylic oxidation sites excluding steroid dienone is 1. The van der Waals surface area contributed by atoms with Crippen LogP contribution in [-0.2, 0) is 0 Å². The fourth-order valence-corrected chi connectivity index (χ4v) is 2.79. The van der Waals surface area contributed by atoms with Gasteiger partial charge in [-0.2, -0.15) is 0 Å². The summed E-state index contributed by atoms with van der Waals surface area (Å²) >= 11 is 0. The second kappa shape index (κ2) is 6.59. The van der Waals surface area contributed by atoms with E-state index < -0.39 is 8.32 Å². The topological polar surface area (TPSA) is 29.5 Å². The summed E-state index contributed by atoms with van der Waals surface area (Å²) in [5.74, 6) is 0.944. The summed E-state index contributed by atoms with van der Waals surface area (Å²) < 4.78 is 6.26. The van der Waals surface area contributed by atoms with Gasteiger partial charge in [0.25, 0.3) is 0 Å². The molecule has 0 unspecified atom stereocenters. The summed E-state index contributed by atoms with van der Waals surface area (Å²) in [6.07, 6.45) is 2.75. The highest BCUT2D eigenvalue weighted by molar-refractivity contribution is 6.74. The van der Waals surface area contributed by atoms with Crippen LogP contribution in [0, 0.1) is 0 Å². The summed E-state index contributed by atoms with van der Waals surface area (Å²) in [6, 6.07) is 8.23. The molecule has 20 heavy (non-hydrogen) atoms. The minimum Gasteiger partial charge on any atom is -0.544 e. The Bertz CT molecular complexity index is 453. The van der Waals surface area contributed by atoms with Gasteiger partial charge in [0.05, 0.1) is 0 Å². The molecule has 0 aliphatic heterocycles. The summed E-state index contributed by atoms with van der Waals surface area (Å²) in [4.78, 5) is 0. The molecule has 0 heterocycles. The quantitative estimate of drug-likeness (QED) is 0.786. The van der Waals surface area contributed by atoms with E-state index in [1.807, 2.05) is 19.1 Å². The zero-order chi connectivity index (χ0) is 15.4. The zero-order valence-corrected chi connectivity index (χ0v) is 14.7. The van der Waals surface area contributed by atoms with Crippen LogP contribution in [-0.4, -0.2) is 20.0 Å². The molecular formula is C17H28O2Si. The maximum atomic E-state index is 9.07. The molecule has 0 amide bonds. The van der Waals surface area contributed by atoms with E-state index in [4.69, 9.17) is 9.53 Å². The Hall–Kier alpha value is -1.06. The molecule has 0 bridgehead atoms. The molecule has 0 saturated carbocycles. The first kappa shape index (κ1) is 17.0. The Labute approximate surface area is 124 Å². The SMILES string of the molecule is C/C=C(\CCO)c1ccc(O[Si](C)(C)C(C)(C)C)cc1. The fraction of sp³-hybridized carbons (Fsp3) is 0.529. The lowest BCUT2D eigenvalue weighted by Crippen LogP contribution is -2.43. The van der Waals surface area contributed by atoms with Gasteiger partial charge in [0, 0.05) is 6.61 Å². The Morgan fingerprint density at radius 1 is 1.20 bits per heavy atom. The van der Waals surface area contributed by atoms with E-state index in [0.717, 1.165) is 11.3 Å². The van der Waals surface area contributed by atoms with Gasteiger partial charge in [-0.1, -0.05) is 39.0 Å². The number of hydrogen-bond donors (Lipinski definition) is 1. The lowest BCUT2D eigenvalue weighted by atomic mass is 10.0. The predicted molar refractivity (Wildman–Crippen MR) is 89.6 cm³/mol. The van der Waals surface area contributed by atoms with E-state index in [2.05, 4.69) is 52.1 Å². The van der Waals surface area contributed by atoms with E-state index in [9.17, 15) is 0 Å². The maximum absolute atomic E-state index is 9.07. The van der Waals surface area contributed by atoms with Gasteiger partial charge in [-0.3, -0.25) is 0 Å². The number of aliphatic hydroxyl groups excluding tert-OH is 1. The lowest BCUT2D eigenvalue weighted by molar-refractivity contribution is 0.305. The Kier molecular flexibility index (Phi) is 5.60. The summed E-state index contributed by atoms with van der Waals surface area (Å²) in [5, 5.41) is 9.27. The third-order valence-electron chi connectivity index (χ3n) is 4.13. The van der Waals surface area contributed by atoms with Gasteiger partial charge in [-0.25, -0.2) is 0 Å². The number of aliphatic hydroxyl groups is 1. The highest BCUT2D eigenvalue weighted by Crippen LogP contribution is 2.37. The first-order valence-corrected chi connectivity index (χ1v) is 10.2. The van der Waals surface area contributed by atoms with E-state index in [1.165, 1.54) is 5.57 Å². The van der Waals surface area contributed by atoms with Crippen LogP contribution in [0.3, 0.4) is 0 Å². The molecule has 1 rings (SSSR count). The largest absolute Gasteiger partial charge is 0.544 e. The molecule has 1 aromatic carbocycles. The minimum atomic E-state index is -1.77. The molecule has 0 radical (unpaired) electrons. The smallest absolute Gasteiger partial charge is 0.250 e. The van der Waals surface area contributed by atoms with Crippen LogP contribution in [0.15, 0.2) is 30.3 Å². The van der Waals surface area contributed by atoms with Crippen LogP contribution < -0.4 is 4.43 Å². The standard InChI is InChI=1S/C17H28O2Si/c1-7-14(12-13-18)15-8-10-16(11-9-15)19-20(5,6)17(2,3)4/h7-11,18H,12-13H2,1-6H3/b14-7+. The first-order valence-electron chi connectivity index (χ1n) is 7.27. The van der Waals surface area contributed by atoms with E-state index in [1.54, 1.807) is 0 Å². The average Bonchev–Trinajstić information content (AvgIpc) is 2.35. The predicted octanol–water partition coefficient (Wildman–Crippen LogP) is 4.86. The van der Waals surface area contributed by atoms with Crippen LogP contribution in [0.5, 0.6) is 5.75 Å². The molecule has 0 saturated heterocycles. The normalized spacial score (nSPS) is 13.4. The first-order chi connectivity index (χ1) is 9.21. The molecule has 112 valence electrons. The van der Waals surface area contributed by atoms with Crippen molar-refractivity contribution in [1.29, 1.82) is 0 Å². The van der Waals surface area contributed by atoms with Crippen molar-refractivity contribution >= 4 is 13.9 Å². The highest BCUT2D eigenvalue weighted by atomic mass is 28.4. The van der Waals surface area contributed by atoms with Crippen molar-refractivity contribution < 1.29 is 9.53 Å². The van der Waals surface area contributed by atoms with E-state index >= 15 is 0 Å². The molecule has 0 aliphatic rings. The third kappa shape index (κ3) is 4.22. The van der Waals surface area contributed by atoms with Gasteiger partial charge in [0.2, 0.25) is 8.32 Å². The van der Waals surface area contributed by atoms with Crippen molar-refractivity contribution in [3.05, 3.63) is 35.9 Å². The molecule has 0 spiro atoms. The number of hydrogen-bond acceptors (Lipinski definition) is 2.